The molecule has 0 saturated carbocycles. The molecule has 0 aromatic carbocycles. The zero-order valence-electron chi connectivity index (χ0n) is 28.4. The Morgan fingerprint density at radius 1 is 0.488 bits per heavy atom. The highest BCUT2D eigenvalue weighted by atomic mass is 16.6. The number of hydrogen-bond acceptors (Lipinski definition) is 6. The number of carbonyl (C=O) groups excluding carboxylic acids is 3. The number of Topliss-reactive ketones (excluding diaryl/α,β-unsaturated/α-hetero) is 1. The molecule has 0 amide bonds. The molecule has 43 heavy (non-hydrogen) atoms. The van der Waals surface area contributed by atoms with Gasteiger partial charge in [-0.3, -0.25) is 9.59 Å². The molecule has 0 radical (unpaired) electrons. The molecule has 0 bridgehead atoms. The van der Waals surface area contributed by atoms with Gasteiger partial charge >= 0.3 is 11.9 Å². The molecule has 2 atom stereocenters. The summed E-state index contributed by atoms with van der Waals surface area (Å²) >= 11 is 0. The highest BCUT2D eigenvalue weighted by Gasteiger charge is 2.30. The maximum atomic E-state index is 12.9. The summed E-state index contributed by atoms with van der Waals surface area (Å²) in [7, 11) is 0. The first-order chi connectivity index (χ1) is 21.0. The van der Waals surface area contributed by atoms with E-state index in [-0.39, 0.29) is 5.78 Å². The minimum Gasteiger partial charge on any atom is -0.393 e. The van der Waals surface area contributed by atoms with Crippen LogP contribution in [0.25, 0.3) is 0 Å². The fraction of sp³-hybridized carbons (Fsp3) is 0.919. The quantitative estimate of drug-likeness (QED) is 0.0436. The largest absolute Gasteiger partial charge is 0.393 e. The van der Waals surface area contributed by atoms with Crippen molar-refractivity contribution < 1.29 is 29.3 Å². The molecule has 6 heteroatoms. The van der Waals surface area contributed by atoms with Crippen LogP contribution in [0.3, 0.4) is 0 Å². The van der Waals surface area contributed by atoms with E-state index in [4.69, 9.17) is 9.84 Å². The van der Waals surface area contributed by atoms with Crippen LogP contribution in [-0.2, 0) is 19.1 Å². The summed E-state index contributed by atoms with van der Waals surface area (Å²) in [6.45, 7) is 3.68. The van der Waals surface area contributed by atoms with Crippen LogP contribution < -0.4 is 0 Å². The Morgan fingerprint density at radius 3 is 1.16 bits per heavy atom. The Balaban J connectivity index is 4.15. The second kappa shape index (κ2) is 32.1. The summed E-state index contributed by atoms with van der Waals surface area (Å²) < 4.78 is 4.76. The van der Waals surface area contributed by atoms with Gasteiger partial charge in [-0.2, -0.15) is 0 Å². The Labute approximate surface area is 265 Å². The summed E-state index contributed by atoms with van der Waals surface area (Å²) in [5.74, 6) is -3.21. The minimum absolute atomic E-state index is 0.172. The highest BCUT2D eigenvalue weighted by Crippen LogP contribution is 2.20. The number of hydrogen-bond donors (Lipinski definition) is 2. The van der Waals surface area contributed by atoms with Gasteiger partial charge in [0.05, 0.1) is 6.61 Å². The van der Waals surface area contributed by atoms with Crippen molar-refractivity contribution in [2.75, 3.05) is 6.61 Å². The van der Waals surface area contributed by atoms with Crippen molar-refractivity contribution in [2.24, 2.45) is 5.92 Å². The van der Waals surface area contributed by atoms with E-state index in [1.807, 2.05) is 0 Å². The molecule has 0 aromatic rings. The van der Waals surface area contributed by atoms with Gasteiger partial charge in [0.15, 0.2) is 6.10 Å². The lowest BCUT2D eigenvalue weighted by molar-refractivity contribution is -0.170. The van der Waals surface area contributed by atoms with E-state index in [2.05, 4.69) is 13.8 Å². The average Bonchev–Trinajstić information content (AvgIpc) is 3.00. The van der Waals surface area contributed by atoms with Crippen LogP contribution in [0.1, 0.15) is 200 Å². The Morgan fingerprint density at radius 2 is 0.814 bits per heavy atom. The summed E-state index contributed by atoms with van der Waals surface area (Å²) in [6.07, 6.45) is 32.1. The van der Waals surface area contributed by atoms with Gasteiger partial charge in [-0.15, -0.1) is 0 Å². The highest BCUT2D eigenvalue weighted by molar-refractivity contribution is 6.02. The van der Waals surface area contributed by atoms with Gasteiger partial charge in [0, 0.05) is 6.42 Å². The molecule has 0 aliphatic carbocycles. The maximum absolute atomic E-state index is 12.9. The fourth-order valence-corrected chi connectivity index (χ4v) is 5.76. The second-order valence-electron chi connectivity index (χ2n) is 12.8. The molecule has 0 rings (SSSR count). The lowest BCUT2D eigenvalue weighted by Gasteiger charge is -2.15. The topological polar surface area (TPSA) is 101 Å². The van der Waals surface area contributed by atoms with E-state index in [1.54, 1.807) is 0 Å². The van der Waals surface area contributed by atoms with Crippen molar-refractivity contribution in [3.05, 3.63) is 0 Å². The lowest BCUT2D eigenvalue weighted by Crippen LogP contribution is -2.34. The molecule has 0 aromatic heterocycles. The van der Waals surface area contributed by atoms with E-state index in [0.29, 0.717) is 12.8 Å². The first-order valence-electron chi connectivity index (χ1n) is 18.5. The minimum atomic E-state index is -1.76. The first kappa shape index (κ1) is 41.7. The van der Waals surface area contributed by atoms with E-state index in [0.717, 1.165) is 38.5 Å². The van der Waals surface area contributed by atoms with Gasteiger partial charge in [-0.25, -0.2) is 4.79 Å². The third-order valence-electron chi connectivity index (χ3n) is 8.69. The second-order valence-corrected chi connectivity index (χ2v) is 12.8. The standard InChI is InChI=1S/C37H70O6/c1-3-5-7-9-11-13-15-17-18-19-21-23-25-27-29-31-34(39)33(36(41)43-37(42)35(40)32-38)30-28-26-24-22-20-16-14-12-10-8-6-4-2/h33,35,38,40H,3-32H2,1-2H3. The number of carbonyl (C=O) groups is 3. The van der Waals surface area contributed by atoms with E-state index < -0.39 is 30.6 Å². The Hall–Kier alpha value is -1.27. The molecule has 2 unspecified atom stereocenters. The van der Waals surface area contributed by atoms with Gasteiger partial charge in [0.1, 0.15) is 11.7 Å². The van der Waals surface area contributed by atoms with Crippen LogP contribution in [0.15, 0.2) is 0 Å². The molecule has 0 aliphatic rings. The molecule has 254 valence electrons. The number of ketones is 1. The lowest BCUT2D eigenvalue weighted by atomic mass is 9.92. The first-order valence-corrected chi connectivity index (χ1v) is 18.5. The number of esters is 2. The number of aliphatic hydroxyl groups is 2. The average molecular weight is 611 g/mol. The number of rotatable bonds is 33. The van der Waals surface area contributed by atoms with Crippen molar-refractivity contribution in [3.8, 4) is 0 Å². The van der Waals surface area contributed by atoms with E-state index in [9.17, 15) is 19.5 Å². The molecule has 0 aliphatic heterocycles. The van der Waals surface area contributed by atoms with Crippen LogP contribution in [0, 0.1) is 5.92 Å². The molecule has 2 N–H and O–H groups in total. The number of unbranched alkanes of at least 4 members (excludes halogenated alkanes) is 25. The van der Waals surface area contributed by atoms with Crippen LogP contribution in [-0.4, -0.2) is 40.6 Å². The Bertz CT molecular complexity index is 649. The van der Waals surface area contributed by atoms with Gasteiger partial charge in [-0.1, -0.05) is 181 Å². The van der Waals surface area contributed by atoms with Gasteiger partial charge in [0.25, 0.3) is 0 Å². The molecule has 0 spiro atoms. The van der Waals surface area contributed by atoms with Crippen molar-refractivity contribution in [1.29, 1.82) is 0 Å². The third-order valence-corrected chi connectivity index (χ3v) is 8.69. The summed E-state index contributed by atoms with van der Waals surface area (Å²) in [6, 6.07) is 0. The monoisotopic (exact) mass is 611 g/mol. The van der Waals surface area contributed by atoms with Crippen molar-refractivity contribution in [3.63, 3.8) is 0 Å². The molecular weight excluding hydrogens is 540 g/mol. The normalized spacial score (nSPS) is 12.7. The van der Waals surface area contributed by atoms with Crippen LogP contribution in [0.4, 0.5) is 0 Å². The Kier molecular flexibility index (Phi) is 31.2. The molecule has 0 saturated heterocycles. The summed E-state index contributed by atoms with van der Waals surface area (Å²) in [5, 5.41) is 18.4. The summed E-state index contributed by atoms with van der Waals surface area (Å²) in [5.41, 5.74) is 0. The maximum Gasteiger partial charge on any atom is 0.345 e. The molecular formula is C37H70O6. The predicted molar refractivity (Wildman–Crippen MR) is 178 cm³/mol. The van der Waals surface area contributed by atoms with E-state index in [1.165, 1.54) is 135 Å². The smallest absolute Gasteiger partial charge is 0.345 e. The zero-order chi connectivity index (χ0) is 31.8. The third kappa shape index (κ3) is 26.8. The van der Waals surface area contributed by atoms with Gasteiger partial charge in [0.2, 0.25) is 0 Å². The van der Waals surface area contributed by atoms with E-state index >= 15 is 0 Å². The summed E-state index contributed by atoms with van der Waals surface area (Å²) in [4.78, 5) is 37.4. The van der Waals surface area contributed by atoms with Crippen molar-refractivity contribution in [2.45, 2.75) is 206 Å². The number of aliphatic hydroxyl groups excluding tert-OH is 2. The number of ether oxygens (including phenoxy) is 1. The van der Waals surface area contributed by atoms with Gasteiger partial charge < -0.3 is 14.9 Å². The van der Waals surface area contributed by atoms with Crippen LogP contribution >= 0.6 is 0 Å². The molecule has 0 fully saturated rings. The van der Waals surface area contributed by atoms with Crippen molar-refractivity contribution in [1.82, 2.24) is 0 Å². The SMILES string of the molecule is CCCCCCCCCCCCCCCCCC(=O)C(CCCCCCCCCCCCCC)C(=O)OC(=O)C(O)CO. The van der Waals surface area contributed by atoms with Crippen LogP contribution in [0.2, 0.25) is 0 Å². The zero-order valence-corrected chi connectivity index (χ0v) is 28.4. The van der Waals surface area contributed by atoms with Crippen LogP contribution in [0.5, 0.6) is 0 Å². The molecule has 0 heterocycles. The molecule has 6 nitrogen and oxygen atoms in total. The van der Waals surface area contributed by atoms with Gasteiger partial charge in [-0.05, 0) is 12.8 Å². The van der Waals surface area contributed by atoms with Crippen molar-refractivity contribution >= 4 is 17.7 Å². The predicted octanol–water partition coefficient (Wildman–Crippen LogP) is 9.95. The fourth-order valence-electron chi connectivity index (χ4n) is 5.76.